The highest BCUT2D eigenvalue weighted by atomic mass is 35.5. The van der Waals surface area contributed by atoms with Crippen molar-refractivity contribution in [3.8, 4) is 5.75 Å². The quantitative estimate of drug-likeness (QED) is 0.624. The molecule has 0 amide bonds. The van der Waals surface area contributed by atoms with E-state index >= 15 is 0 Å². The molecule has 152 valence electrons. The third kappa shape index (κ3) is 7.00. The summed E-state index contributed by atoms with van der Waals surface area (Å²) in [6.45, 7) is 3.14. The zero-order valence-electron chi connectivity index (χ0n) is 15.4. The minimum atomic E-state index is -4.32. The number of alkyl halides is 3. The van der Waals surface area contributed by atoms with Gasteiger partial charge in [-0.05, 0) is 74.3 Å². The zero-order valence-corrected chi connectivity index (χ0v) is 16.1. The lowest BCUT2D eigenvalue weighted by Crippen LogP contribution is -2.31. The monoisotopic (exact) mass is 412 g/mol. The SMILES string of the molecule is C=CN.FC(F)(F)c1cccc(NC2CCC(Oc3ccc(Cl)cc3)CC2)c1. The summed E-state index contributed by atoms with van der Waals surface area (Å²) in [6, 6.07) is 12.8. The molecule has 7 heteroatoms. The Bertz CT molecular complexity index is 742. The van der Waals surface area contributed by atoms with E-state index < -0.39 is 11.7 Å². The van der Waals surface area contributed by atoms with E-state index in [9.17, 15) is 13.2 Å². The van der Waals surface area contributed by atoms with Gasteiger partial charge in [-0.2, -0.15) is 13.2 Å². The fraction of sp³-hybridized carbons (Fsp3) is 0.333. The standard InChI is InChI=1S/C19H19ClF3NO.C2H5N/c20-14-4-8-17(9-5-14)25-18-10-6-15(7-11-18)24-16-3-1-2-13(12-16)19(21,22)23;1-2-3/h1-5,8-9,12,15,18,24H,6-7,10-11H2;2H,1,3H2. The highest BCUT2D eigenvalue weighted by Crippen LogP contribution is 2.32. The number of rotatable bonds is 4. The molecule has 28 heavy (non-hydrogen) atoms. The Hall–Kier alpha value is -2.34. The van der Waals surface area contributed by atoms with Gasteiger partial charge in [0.1, 0.15) is 5.75 Å². The molecular formula is C21H24ClF3N2O. The van der Waals surface area contributed by atoms with Gasteiger partial charge in [0.15, 0.2) is 0 Å². The molecule has 0 aliphatic heterocycles. The van der Waals surface area contributed by atoms with Crippen LogP contribution < -0.4 is 15.8 Å². The summed E-state index contributed by atoms with van der Waals surface area (Å²) >= 11 is 5.86. The van der Waals surface area contributed by atoms with Gasteiger partial charge in [0.25, 0.3) is 0 Å². The second-order valence-electron chi connectivity index (χ2n) is 6.50. The zero-order chi connectivity index (χ0) is 20.6. The van der Waals surface area contributed by atoms with E-state index in [-0.39, 0.29) is 12.1 Å². The number of ether oxygens (including phenoxy) is 1. The second kappa shape index (κ2) is 10.3. The Balaban J connectivity index is 0.000000878. The summed E-state index contributed by atoms with van der Waals surface area (Å²) in [5.41, 5.74) is 4.49. The molecule has 0 atom stereocenters. The van der Waals surface area contributed by atoms with E-state index in [0.717, 1.165) is 43.6 Å². The number of nitrogens with two attached hydrogens (primary N) is 1. The van der Waals surface area contributed by atoms with Gasteiger partial charge in [0, 0.05) is 16.8 Å². The minimum Gasteiger partial charge on any atom is -0.490 e. The van der Waals surface area contributed by atoms with Gasteiger partial charge in [-0.15, -0.1) is 0 Å². The number of nitrogens with one attached hydrogen (secondary N) is 1. The van der Waals surface area contributed by atoms with Crippen molar-refractivity contribution in [1.29, 1.82) is 0 Å². The van der Waals surface area contributed by atoms with E-state index in [2.05, 4.69) is 17.6 Å². The van der Waals surface area contributed by atoms with E-state index in [1.54, 1.807) is 18.2 Å². The van der Waals surface area contributed by atoms with Gasteiger partial charge in [-0.1, -0.05) is 24.2 Å². The Morgan fingerprint density at radius 2 is 1.68 bits per heavy atom. The van der Waals surface area contributed by atoms with Crippen LogP contribution in [0, 0.1) is 0 Å². The average molecular weight is 413 g/mol. The van der Waals surface area contributed by atoms with Gasteiger partial charge in [0.2, 0.25) is 0 Å². The fourth-order valence-corrected chi connectivity index (χ4v) is 3.18. The minimum absolute atomic E-state index is 0.126. The van der Waals surface area contributed by atoms with Crippen LogP contribution in [-0.4, -0.2) is 12.1 Å². The molecule has 0 radical (unpaired) electrons. The molecule has 1 aliphatic rings. The summed E-state index contributed by atoms with van der Waals surface area (Å²) in [4.78, 5) is 0. The Kier molecular flexibility index (Phi) is 8.05. The molecule has 3 nitrogen and oxygen atoms in total. The van der Waals surface area contributed by atoms with Crippen LogP contribution in [0.3, 0.4) is 0 Å². The molecule has 1 aliphatic carbocycles. The molecule has 0 heterocycles. The van der Waals surface area contributed by atoms with Crippen molar-refractivity contribution >= 4 is 17.3 Å². The first-order valence-corrected chi connectivity index (χ1v) is 9.38. The molecule has 1 fully saturated rings. The van der Waals surface area contributed by atoms with Crippen LogP contribution in [0.4, 0.5) is 18.9 Å². The topological polar surface area (TPSA) is 47.3 Å². The summed E-state index contributed by atoms with van der Waals surface area (Å²) in [5, 5.41) is 3.88. The van der Waals surface area contributed by atoms with Crippen molar-refractivity contribution in [2.45, 2.75) is 44.0 Å². The molecule has 3 N–H and O–H groups in total. The third-order valence-corrected chi connectivity index (χ3v) is 4.60. The van der Waals surface area contributed by atoms with Crippen molar-refractivity contribution in [1.82, 2.24) is 0 Å². The van der Waals surface area contributed by atoms with E-state index in [1.807, 2.05) is 12.1 Å². The van der Waals surface area contributed by atoms with E-state index in [0.29, 0.717) is 10.7 Å². The predicted octanol–water partition coefficient (Wildman–Crippen LogP) is 6.25. The Morgan fingerprint density at radius 1 is 1.07 bits per heavy atom. The van der Waals surface area contributed by atoms with Crippen molar-refractivity contribution < 1.29 is 17.9 Å². The molecular weight excluding hydrogens is 389 g/mol. The van der Waals surface area contributed by atoms with E-state index in [4.69, 9.17) is 16.3 Å². The lowest BCUT2D eigenvalue weighted by Gasteiger charge is -2.30. The summed E-state index contributed by atoms with van der Waals surface area (Å²) in [7, 11) is 0. The molecule has 0 spiro atoms. The molecule has 0 saturated heterocycles. The van der Waals surface area contributed by atoms with Crippen molar-refractivity contribution in [3.05, 3.63) is 71.9 Å². The molecule has 2 aromatic carbocycles. The van der Waals surface area contributed by atoms with Crippen LogP contribution >= 0.6 is 11.6 Å². The predicted molar refractivity (Wildman–Crippen MR) is 108 cm³/mol. The van der Waals surface area contributed by atoms with Gasteiger partial charge in [-0.3, -0.25) is 0 Å². The summed E-state index contributed by atoms with van der Waals surface area (Å²) in [5.74, 6) is 0.790. The first kappa shape index (κ1) is 22.0. The Labute approximate surface area is 168 Å². The lowest BCUT2D eigenvalue weighted by molar-refractivity contribution is -0.137. The first-order chi connectivity index (χ1) is 13.3. The average Bonchev–Trinajstić information content (AvgIpc) is 2.65. The highest BCUT2D eigenvalue weighted by Gasteiger charge is 2.30. The van der Waals surface area contributed by atoms with Crippen LogP contribution in [-0.2, 0) is 6.18 Å². The number of benzene rings is 2. The van der Waals surface area contributed by atoms with Crippen LogP contribution in [0.25, 0.3) is 0 Å². The molecule has 2 aromatic rings. The normalized spacial score (nSPS) is 19.1. The van der Waals surface area contributed by atoms with Crippen molar-refractivity contribution in [3.63, 3.8) is 0 Å². The largest absolute Gasteiger partial charge is 0.490 e. The van der Waals surface area contributed by atoms with Gasteiger partial charge < -0.3 is 15.8 Å². The number of hydrogen-bond donors (Lipinski definition) is 2. The lowest BCUT2D eigenvalue weighted by atomic mass is 9.92. The summed E-state index contributed by atoms with van der Waals surface area (Å²) in [6.07, 6.45) is 0.490. The fourth-order valence-electron chi connectivity index (χ4n) is 3.05. The summed E-state index contributed by atoms with van der Waals surface area (Å²) < 4.78 is 44.3. The molecule has 0 unspecified atom stereocenters. The van der Waals surface area contributed by atoms with Crippen LogP contribution in [0.1, 0.15) is 31.2 Å². The molecule has 0 aromatic heterocycles. The third-order valence-electron chi connectivity index (χ3n) is 4.35. The maximum atomic E-state index is 12.8. The maximum absolute atomic E-state index is 12.8. The maximum Gasteiger partial charge on any atom is 0.416 e. The Morgan fingerprint density at radius 3 is 2.25 bits per heavy atom. The van der Waals surface area contributed by atoms with Crippen LogP contribution in [0.2, 0.25) is 5.02 Å². The number of halogens is 4. The van der Waals surface area contributed by atoms with Gasteiger partial charge in [-0.25, -0.2) is 0 Å². The van der Waals surface area contributed by atoms with Gasteiger partial charge >= 0.3 is 6.18 Å². The first-order valence-electron chi connectivity index (χ1n) is 9.00. The van der Waals surface area contributed by atoms with Crippen LogP contribution in [0.15, 0.2) is 61.3 Å². The molecule has 1 saturated carbocycles. The van der Waals surface area contributed by atoms with Crippen molar-refractivity contribution in [2.75, 3.05) is 5.32 Å². The highest BCUT2D eigenvalue weighted by molar-refractivity contribution is 6.30. The van der Waals surface area contributed by atoms with Crippen LogP contribution in [0.5, 0.6) is 5.75 Å². The van der Waals surface area contributed by atoms with Crippen molar-refractivity contribution in [2.24, 2.45) is 5.73 Å². The molecule has 3 rings (SSSR count). The van der Waals surface area contributed by atoms with Gasteiger partial charge in [0.05, 0.1) is 11.7 Å². The second-order valence-corrected chi connectivity index (χ2v) is 6.94. The number of anilines is 1. The smallest absolute Gasteiger partial charge is 0.416 e. The number of hydrogen-bond acceptors (Lipinski definition) is 3. The molecule has 0 bridgehead atoms. The van der Waals surface area contributed by atoms with E-state index in [1.165, 1.54) is 12.3 Å².